The molecule has 1 saturated carbocycles. The Morgan fingerprint density at radius 3 is 2.27 bits per heavy atom. The molecule has 0 atom stereocenters. The van der Waals surface area contributed by atoms with Crippen molar-refractivity contribution in [1.29, 1.82) is 0 Å². The molecule has 1 aromatic rings. The minimum atomic E-state index is 0.187. The molecule has 0 radical (unpaired) electrons. The molecule has 1 aromatic carbocycles. The van der Waals surface area contributed by atoms with Crippen LogP contribution in [0.1, 0.15) is 50.5 Å². The first-order chi connectivity index (χ1) is 12.6. The van der Waals surface area contributed by atoms with Crippen LogP contribution in [-0.4, -0.2) is 47.8 Å². The summed E-state index contributed by atoms with van der Waals surface area (Å²) in [6, 6.07) is 7.68. The van der Waals surface area contributed by atoms with E-state index in [-0.39, 0.29) is 11.8 Å². The van der Waals surface area contributed by atoms with E-state index >= 15 is 0 Å². The van der Waals surface area contributed by atoms with Gasteiger partial charge >= 0.3 is 0 Å². The van der Waals surface area contributed by atoms with Crippen molar-refractivity contribution < 1.29 is 9.59 Å². The number of aryl methyl sites for hydroxylation is 1. The maximum Gasteiger partial charge on any atom is 0.225 e. The number of benzene rings is 1. The standard InChI is InChI=1S/C21H29ClN2O2/c22-19-10-7-17(8-11-19)9-12-20(25)23-13-4-14-24(16-15-23)21(26)18-5-2-1-3-6-18/h7-8,10-11,18H,1-6,9,12-16H2. The van der Waals surface area contributed by atoms with E-state index in [1.807, 2.05) is 34.1 Å². The van der Waals surface area contributed by atoms with Gasteiger partial charge in [0, 0.05) is 43.5 Å². The molecule has 2 amide bonds. The zero-order valence-electron chi connectivity index (χ0n) is 15.5. The minimum absolute atomic E-state index is 0.187. The van der Waals surface area contributed by atoms with Gasteiger partial charge in [-0.3, -0.25) is 9.59 Å². The van der Waals surface area contributed by atoms with Crippen LogP contribution in [0.4, 0.5) is 0 Å². The van der Waals surface area contributed by atoms with E-state index in [9.17, 15) is 9.59 Å². The fraction of sp³-hybridized carbons (Fsp3) is 0.619. The quantitative estimate of drug-likeness (QED) is 0.799. The predicted octanol–water partition coefficient (Wildman–Crippen LogP) is 3.91. The fourth-order valence-corrected chi connectivity index (χ4v) is 4.18. The lowest BCUT2D eigenvalue weighted by molar-refractivity contribution is -0.137. The second-order valence-electron chi connectivity index (χ2n) is 7.52. The number of carbonyl (C=O) groups is 2. The molecule has 2 aliphatic rings. The summed E-state index contributed by atoms with van der Waals surface area (Å²) < 4.78 is 0. The van der Waals surface area contributed by atoms with Gasteiger partial charge in [0.05, 0.1) is 0 Å². The largest absolute Gasteiger partial charge is 0.341 e. The molecule has 4 nitrogen and oxygen atoms in total. The van der Waals surface area contributed by atoms with Crippen molar-refractivity contribution in [1.82, 2.24) is 9.80 Å². The summed E-state index contributed by atoms with van der Waals surface area (Å²) in [5, 5.41) is 0.718. The topological polar surface area (TPSA) is 40.6 Å². The first kappa shape index (κ1) is 19.2. The fourth-order valence-electron chi connectivity index (χ4n) is 4.06. The lowest BCUT2D eigenvalue weighted by atomic mass is 9.88. The Balaban J connectivity index is 1.47. The number of nitrogens with zero attached hydrogens (tertiary/aromatic N) is 2. The van der Waals surface area contributed by atoms with Crippen LogP contribution in [0.25, 0.3) is 0 Å². The molecular weight excluding hydrogens is 348 g/mol. The molecule has 0 unspecified atom stereocenters. The summed E-state index contributed by atoms with van der Waals surface area (Å²) in [4.78, 5) is 29.2. The zero-order valence-corrected chi connectivity index (χ0v) is 16.2. The normalized spacial score (nSPS) is 19.3. The van der Waals surface area contributed by atoms with Crippen molar-refractivity contribution in [3.05, 3.63) is 34.9 Å². The molecule has 1 saturated heterocycles. The summed E-state index contributed by atoms with van der Waals surface area (Å²) in [6.07, 6.45) is 7.83. The third kappa shape index (κ3) is 5.23. The first-order valence-corrected chi connectivity index (χ1v) is 10.3. The summed E-state index contributed by atoms with van der Waals surface area (Å²) in [5.74, 6) is 0.725. The Bertz CT molecular complexity index is 611. The van der Waals surface area contributed by atoms with Gasteiger partial charge in [-0.2, -0.15) is 0 Å². The van der Waals surface area contributed by atoms with Gasteiger partial charge in [0.1, 0.15) is 0 Å². The van der Waals surface area contributed by atoms with E-state index in [0.717, 1.165) is 49.4 Å². The Labute approximate surface area is 161 Å². The Kier molecular flexibility index (Phi) is 6.95. The lowest BCUT2D eigenvalue weighted by Crippen LogP contribution is -2.40. The van der Waals surface area contributed by atoms with Gasteiger partial charge in [0.2, 0.25) is 11.8 Å². The summed E-state index contributed by atoms with van der Waals surface area (Å²) in [7, 11) is 0. The molecule has 2 fully saturated rings. The number of hydrogen-bond acceptors (Lipinski definition) is 2. The second kappa shape index (κ2) is 9.40. The highest BCUT2D eigenvalue weighted by Crippen LogP contribution is 2.26. The average molecular weight is 377 g/mol. The highest BCUT2D eigenvalue weighted by molar-refractivity contribution is 6.30. The second-order valence-corrected chi connectivity index (χ2v) is 7.96. The molecule has 0 aromatic heterocycles. The van der Waals surface area contributed by atoms with Gasteiger partial charge in [-0.1, -0.05) is 43.0 Å². The van der Waals surface area contributed by atoms with E-state index in [2.05, 4.69) is 0 Å². The molecule has 5 heteroatoms. The molecule has 0 bridgehead atoms. The van der Waals surface area contributed by atoms with Crippen LogP contribution in [0.15, 0.2) is 24.3 Å². The predicted molar refractivity (Wildman–Crippen MR) is 104 cm³/mol. The molecule has 1 aliphatic carbocycles. The maximum atomic E-state index is 12.7. The van der Waals surface area contributed by atoms with Crippen molar-refractivity contribution in [2.24, 2.45) is 5.92 Å². The first-order valence-electron chi connectivity index (χ1n) is 9.94. The molecule has 0 N–H and O–H groups in total. The van der Waals surface area contributed by atoms with Gasteiger partial charge in [-0.15, -0.1) is 0 Å². The van der Waals surface area contributed by atoms with Gasteiger partial charge in [-0.25, -0.2) is 0 Å². The number of halogens is 1. The molecule has 1 aliphatic heterocycles. The Morgan fingerprint density at radius 1 is 0.885 bits per heavy atom. The van der Waals surface area contributed by atoms with Gasteiger partial charge in [0.25, 0.3) is 0 Å². The van der Waals surface area contributed by atoms with E-state index < -0.39 is 0 Å². The van der Waals surface area contributed by atoms with Crippen LogP contribution in [-0.2, 0) is 16.0 Å². The lowest BCUT2D eigenvalue weighted by Gasteiger charge is -2.28. The number of amides is 2. The van der Waals surface area contributed by atoms with Crippen molar-refractivity contribution in [2.45, 2.75) is 51.4 Å². The molecular formula is C21H29ClN2O2. The molecule has 3 rings (SSSR count). The molecule has 26 heavy (non-hydrogen) atoms. The third-order valence-electron chi connectivity index (χ3n) is 5.66. The third-order valence-corrected chi connectivity index (χ3v) is 5.91. The van der Waals surface area contributed by atoms with Crippen LogP contribution in [0.3, 0.4) is 0 Å². The van der Waals surface area contributed by atoms with E-state index in [0.29, 0.717) is 25.4 Å². The number of hydrogen-bond donors (Lipinski definition) is 0. The average Bonchev–Trinajstić information content (AvgIpc) is 2.94. The maximum absolute atomic E-state index is 12.7. The van der Waals surface area contributed by atoms with Crippen LogP contribution in [0.2, 0.25) is 5.02 Å². The van der Waals surface area contributed by atoms with Crippen molar-refractivity contribution >= 4 is 23.4 Å². The smallest absolute Gasteiger partial charge is 0.225 e. The summed E-state index contributed by atoms with van der Waals surface area (Å²) >= 11 is 5.90. The van der Waals surface area contributed by atoms with Crippen molar-refractivity contribution in [3.8, 4) is 0 Å². The van der Waals surface area contributed by atoms with Crippen LogP contribution >= 0.6 is 11.6 Å². The summed E-state index contributed by atoms with van der Waals surface area (Å²) in [6.45, 7) is 2.89. The van der Waals surface area contributed by atoms with Crippen LogP contribution in [0, 0.1) is 5.92 Å². The molecule has 142 valence electrons. The number of rotatable bonds is 4. The highest BCUT2D eigenvalue weighted by Gasteiger charge is 2.28. The molecule has 0 spiro atoms. The Hall–Kier alpha value is -1.55. The summed E-state index contributed by atoms with van der Waals surface area (Å²) in [5.41, 5.74) is 1.13. The van der Waals surface area contributed by atoms with Gasteiger partial charge in [0.15, 0.2) is 0 Å². The van der Waals surface area contributed by atoms with Crippen LogP contribution < -0.4 is 0 Å². The van der Waals surface area contributed by atoms with E-state index in [4.69, 9.17) is 11.6 Å². The SMILES string of the molecule is O=C(CCc1ccc(Cl)cc1)N1CCCN(C(=O)C2CCCCC2)CC1. The van der Waals surface area contributed by atoms with Gasteiger partial charge in [-0.05, 0) is 43.4 Å². The van der Waals surface area contributed by atoms with Crippen molar-refractivity contribution in [2.75, 3.05) is 26.2 Å². The Morgan fingerprint density at radius 2 is 1.54 bits per heavy atom. The van der Waals surface area contributed by atoms with Crippen molar-refractivity contribution in [3.63, 3.8) is 0 Å². The van der Waals surface area contributed by atoms with E-state index in [1.54, 1.807) is 0 Å². The molecule has 1 heterocycles. The zero-order chi connectivity index (χ0) is 18.4. The van der Waals surface area contributed by atoms with E-state index in [1.165, 1.54) is 19.3 Å². The minimum Gasteiger partial charge on any atom is -0.341 e. The number of carbonyl (C=O) groups excluding carboxylic acids is 2. The monoisotopic (exact) mass is 376 g/mol. The van der Waals surface area contributed by atoms with Crippen LogP contribution in [0.5, 0.6) is 0 Å². The highest BCUT2D eigenvalue weighted by atomic mass is 35.5. The van der Waals surface area contributed by atoms with Gasteiger partial charge < -0.3 is 9.80 Å².